The number of hydrogen-bond acceptors (Lipinski definition) is 3. The highest BCUT2D eigenvalue weighted by molar-refractivity contribution is 5.46. The quantitative estimate of drug-likeness (QED) is 0.824. The second-order valence-corrected chi connectivity index (χ2v) is 4.22. The lowest BCUT2D eigenvalue weighted by molar-refractivity contribution is 0.212. The number of ether oxygens (including phenoxy) is 2. The van der Waals surface area contributed by atoms with Gasteiger partial charge in [-0.1, -0.05) is 13.0 Å². The lowest BCUT2D eigenvalue weighted by atomic mass is 10.1. The van der Waals surface area contributed by atoms with E-state index in [0.29, 0.717) is 0 Å². The fraction of sp³-hybridized carbons (Fsp3) is 0.571. The van der Waals surface area contributed by atoms with Crippen molar-refractivity contribution in [1.82, 2.24) is 5.32 Å². The van der Waals surface area contributed by atoms with Crippen LogP contribution in [0.25, 0.3) is 0 Å². The topological polar surface area (TPSA) is 30.5 Å². The van der Waals surface area contributed by atoms with Crippen LogP contribution in [0.4, 0.5) is 0 Å². The van der Waals surface area contributed by atoms with Crippen LogP contribution in [0, 0.1) is 0 Å². The summed E-state index contributed by atoms with van der Waals surface area (Å²) in [5, 5.41) is 3.23. The van der Waals surface area contributed by atoms with E-state index in [0.717, 1.165) is 23.5 Å². The molecule has 1 aromatic carbocycles. The first-order chi connectivity index (χ1) is 8.13. The highest BCUT2D eigenvalue weighted by Crippen LogP contribution is 2.34. The molecule has 0 radical (unpaired) electrons. The molecule has 0 saturated carbocycles. The van der Waals surface area contributed by atoms with E-state index in [1.54, 1.807) is 7.11 Å². The molecule has 0 fully saturated rings. The van der Waals surface area contributed by atoms with Crippen LogP contribution in [0.1, 0.15) is 38.8 Å². The second-order valence-electron chi connectivity index (χ2n) is 4.22. The van der Waals surface area contributed by atoms with Gasteiger partial charge in [0.05, 0.1) is 18.8 Å². The van der Waals surface area contributed by atoms with Gasteiger partial charge in [-0.05, 0) is 39.4 Å². The van der Waals surface area contributed by atoms with E-state index in [9.17, 15) is 0 Å². The van der Waals surface area contributed by atoms with Crippen LogP contribution in [0.3, 0.4) is 0 Å². The first-order valence-electron chi connectivity index (χ1n) is 6.14. The van der Waals surface area contributed by atoms with Gasteiger partial charge < -0.3 is 14.8 Å². The minimum absolute atomic E-state index is 0.199. The lowest BCUT2D eigenvalue weighted by Gasteiger charge is -2.21. The van der Waals surface area contributed by atoms with E-state index in [1.165, 1.54) is 0 Å². The third kappa shape index (κ3) is 3.37. The van der Waals surface area contributed by atoms with Crippen molar-refractivity contribution in [1.29, 1.82) is 0 Å². The van der Waals surface area contributed by atoms with E-state index >= 15 is 0 Å². The third-order valence-electron chi connectivity index (χ3n) is 3.02. The van der Waals surface area contributed by atoms with Gasteiger partial charge in [0, 0.05) is 6.04 Å². The smallest absolute Gasteiger partial charge is 0.128 e. The fourth-order valence-corrected chi connectivity index (χ4v) is 1.68. The maximum Gasteiger partial charge on any atom is 0.128 e. The fourth-order valence-electron chi connectivity index (χ4n) is 1.68. The summed E-state index contributed by atoms with van der Waals surface area (Å²) in [4.78, 5) is 0. The molecule has 3 heteroatoms. The monoisotopic (exact) mass is 237 g/mol. The van der Waals surface area contributed by atoms with Crippen LogP contribution in [0.5, 0.6) is 11.5 Å². The zero-order valence-corrected chi connectivity index (χ0v) is 11.4. The Bertz CT molecular complexity index is 352. The SMILES string of the molecule is CCC(C)Oc1cccc(OC)c1C(C)NC. The molecule has 0 aliphatic heterocycles. The Balaban J connectivity index is 3.10. The number of methoxy groups -OCH3 is 1. The van der Waals surface area contributed by atoms with Crippen LogP contribution in [0.15, 0.2) is 18.2 Å². The number of rotatable bonds is 6. The van der Waals surface area contributed by atoms with Gasteiger partial charge >= 0.3 is 0 Å². The summed E-state index contributed by atoms with van der Waals surface area (Å²) < 4.78 is 11.3. The summed E-state index contributed by atoms with van der Waals surface area (Å²) in [6.45, 7) is 6.29. The van der Waals surface area contributed by atoms with Gasteiger partial charge in [-0.3, -0.25) is 0 Å². The molecular formula is C14H23NO2. The number of hydrogen-bond donors (Lipinski definition) is 1. The Morgan fingerprint density at radius 1 is 1.24 bits per heavy atom. The Morgan fingerprint density at radius 2 is 1.88 bits per heavy atom. The molecule has 0 heterocycles. The van der Waals surface area contributed by atoms with Gasteiger partial charge in [-0.2, -0.15) is 0 Å². The summed E-state index contributed by atoms with van der Waals surface area (Å²) in [5.74, 6) is 1.77. The number of benzene rings is 1. The van der Waals surface area contributed by atoms with Gasteiger partial charge in [0.2, 0.25) is 0 Å². The zero-order valence-electron chi connectivity index (χ0n) is 11.4. The van der Waals surface area contributed by atoms with E-state index in [2.05, 4.69) is 26.1 Å². The van der Waals surface area contributed by atoms with Gasteiger partial charge in [0.25, 0.3) is 0 Å². The maximum atomic E-state index is 5.94. The Kier molecular flexibility index (Phi) is 5.29. The Labute approximate surface area is 104 Å². The molecule has 0 amide bonds. The predicted molar refractivity (Wildman–Crippen MR) is 70.8 cm³/mol. The molecule has 0 aromatic heterocycles. The van der Waals surface area contributed by atoms with Crippen molar-refractivity contribution < 1.29 is 9.47 Å². The van der Waals surface area contributed by atoms with Gasteiger partial charge in [0.15, 0.2) is 0 Å². The predicted octanol–water partition coefficient (Wildman–Crippen LogP) is 3.15. The van der Waals surface area contributed by atoms with Crippen molar-refractivity contribution in [2.75, 3.05) is 14.2 Å². The minimum atomic E-state index is 0.199. The first-order valence-corrected chi connectivity index (χ1v) is 6.14. The minimum Gasteiger partial charge on any atom is -0.496 e. The highest BCUT2D eigenvalue weighted by Gasteiger charge is 2.17. The molecule has 1 rings (SSSR count). The summed E-state index contributed by atoms with van der Waals surface area (Å²) in [6.07, 6.45) is 1.20. The van der Waals surface area contributed by atoms with Crippen molar-refractivity contribution in [3.63, 3.8) is 0 Å². The van der Waals surface area contributed by atoms with Gasteiger partial charge in [-0.15, -0.1) is 0 Å². The standard InChI is InChI=1S/C14H23NO2/c1-6-10(2)17-13-9-7-8-12(16-5)14(13)11(3)15-4/h7-11,15H,6H2,1-5H3. The van der Waals surface area contributed by atoms with Crippen molar-refractivity contribution >= 4 is 0 Å². The van der Waals surface area contributed by atoms with Crippen molar-refractivity contribution in [3.8, 4) is 11.5 Å². The van der Waals surface area contributed by atoms with E-state index in [1.807, 2.05) is 25.2 Å². The average Bonchev–Trinajstić information content (AvgIpc) is 2.37. The largest absolute Gasteiger partial charge is 0.496 e. The Morgan fingerprint density at radius 3 is 2.41 bits per heavy atom. The van der Waals surface area contributed by atoms with Gasteiger partial charge in [-0.25, -0.2) is 0 Å². The zero-order chi connectivity index (χ0) is 12.8. The van der Waals surface area contributed by atoms with Crippen molar-refractivity contribution in [2.45, 2.75) is 39.3 Å². The molecule has 0 bridgehead atoms. The normalized spacial score (nSPS) is 14.2. The molecule has 2 atom stereocenters. The molecular weight excluding hydrogens is 214 g/mol. The molecule has 0 aliphatic rings. The molecule has 0 spiro atoms. The van der Waals surface area contributed by atoms with E-state index in [-0.39, 0.29) is 12.1 Å². The van der Waals surface area contributed by atoms with Crippen LogP contribution in [-0.4, -0.2) is 20.3 Å². The Hall–Kier alpha value is -1.22. The summed E-state index contributed by atoms with van der Waals surface area (Å²) in [6, 6.07) is 6.12. The van der Waals surface area contributed by atoms with Crippen LogP contribution in [0.2, 0.25) is 0 Å². The molecule has 96 valence electrons. The average molecular weight is 237 g/mol. The highest BCUT2D eigenvalue weighted by atomic mass is 16.5. The van der Waals surface area contributed by atoms with Crippen LogP contribution >= 0.6 is 0 Å². The lowest BCUT2D eigenvalue weighted by Crippen LogP contribution is -2.17. The molecule has 17 heavy (non-hydrogen) atoms. The first kappa shape index (κ1) is 13.8. The van der Waals surface area contributed by atoms with Crippen molar-refractivity contribution in [2.24, 2.45) is 0 Å². The van der Waals surface area contributed by atoms with Gasteiger partial charge in [0.1, 0.15) is 11.5 Å². The molecule has 0 aliphatic carbocycles. The summed E-state index contributed by atoms with van der Waals surface area (Å²) in [5.41, 5.74) is 1.08. The van der Waals surface area contributed by atoms with Crippen LogP contribution in [-0.2, 0) is 0 Å². The van der Waals surface area contributed by atoms with Crippen LogP contribution < -0.4 is 14.8 Å². The van der Waals surface area contributed by atoms with E-state index < -0.39 is 0 Å². The van der Waals surface area contributed by atoms with Crippen molar-refractivity contribution in [3.05, 3.63) is 23.8 Å². The summed E-state index contributed by atoms with van der Waals surface area (Å²) in [7, 11) is 3.62. The summed E-state index contributed by atoms with van der Waals surface area (Å²) >= 11 is 0. The second kappa shape index (κ2) is 6.50. The van der Waals surface area contributed by atoms with E-state index in [4.69, 9.17) is 9.47 Å². The third-order valence-corrected chi connectivity index (χ3v) is 3.02. The molecule has 1 aromatic rings. The molecule has 3 nitrogen and oxygen atoms in total. The molecule has 2 unspecified atom stereocenters. The maximum absolute atomic E-state index is 5.94. The molecule has 0 saturated heterocycles. The number of nitrogens with one attached hydrogen (secondary N) is 1. The molecule has 1 N–H and O–H groups in total.